The quantitative estimate of drug-likeness (QED) is 0.856. The molecule has 0 saturated carbocycles. The van der Waals surface area contributed by atoms with Crippen LogP contribution in [-0.2, 0) is 11.2 Å². The van der Waals surface area contributed by atoms with Crippen LogP contribution in [0.3, 0.4) is 0 Å². The number of carbonyl (C=O) groups is 1. The maximum Gasteiger partial charge on any atom is 0.226 e. The Balaban J connectivity index is 1.79. The Labute approximate surface area is 154 Å². The zero-order chi connectivity index (χ0) is 18.5. The number of hydrogen-bond acceptors (Lipinski definition) is 6. The van der Waals surface area contributed by atoms with Gasteiger partial charge in [0.25, 0.3) is 0 Å². The first-order chi connectivity index (χ1) is 12.6. The number of carbonyl (C=O) groups excluding carboxylic acids is 1. The van der Waals surface area contributed by atoms with Crippen molar-refractivity contribution in [1.82, 2.24) is 20.4 Å². The second-order valence-corrected chi connectivity index (χ2v) is 6.84. The lowest BCUT2D eigenvalue weighted by molar-refractivity contribution is -0.125. The number of anilines is 1. The van der Waals surface area contributed by atoms with Crippen LogP contribution >= 0.6 is 0 Å². The summed E-state index contributed by atoms with van der Waals surface area (Å²) in [6.45, 7) is 7.62. The van der Waals surface area contributed by atoms with Crippen LogP contribution in [0.15, 0.2) is 22.9 Å². The number of piperidine rings is 1. The van der Waals surface area contributed by atoms with E-state index < -0.39 is 0 Å². The molecule has 7 heteroatoms. The van der Waals surface area contributed by atoms with Crippen molar-refractivity contribution in [2.75, 3.05) is 18.0 Å². The van der Waals surface area contributed by atoms with Gasteiger partial charge in [0.2, 0.25) is 17.6 Å². The fraction of sp³-hybridized carbons (Fsp3) is 0.579. The molecule has 26 heavy (non-hydrogen) atoms. The summed E-state index contributed by atoms with van der Waals surface area (Å²) in [5, 5.41) is 7.19. The zero-order valence-electron chi connectivity index (χ0n) is 15.7. The van der Waals surface area contributed by atoms with Gasteiger partial charge in [-0.3, -0.25) is 4.79 Å². The molecule has 1 N–H and O–H groups in total. The summed E-state index contributed by atoms with van der Waals surface area (Å²) in [5.41, 5.74) is 0.846. The lowest BCUT2D eigenvalue weighted by Crippen LogP contribution is -2.45. The van der Waals surface area contributed by atoms with Crippen LogP contribution in [0.4, 0.5) is 5.82 Å². The van der Waals surface area contributed by atoms with E-state index in [4.69, 9.17) is 4.52 Å². The zero-order valence-corrected chi connectivity index (χ0v) is 15.7. The number of aromatic nitrogens is 3. The molecule has 0 spiro atoms. The second kappa shape index (κ2) is 8.29. The summed E-state index contributed by atoms with van der Waals surface area (Å²) in [4.78, 5) is 23.7. The third-order valence-corrected chi connectivity index (χ3v) is 4.89. The van der Waals surface area contributed by atoms with Gasteiger partial charge in [0, 0.05) is 31.7 Å². The smallest absolute Gasteiger partial charge is 0.226 e. The van der Waals surface area contributed by atoms with Gasteiger partial charge >= 0.3 is 0 Å². The molecule has 0 radical (unpaired) electrons. The predicted molar refractivity (Wildman–Crippen MR) is 99.7 cm³/mol. The maximum absolute atomic E-state index is 12.5. The predicted octanol–water partition coefficient (Wildman–Crippen LogP) is 2.83. The molecule has 140 valence electrons. The van der Waals surface area contributed by atoms with Crippen molar-refractivity contribution in [1.29, 1.82) is 0 Å². The molecular weight excluding hydrogens is 330 g/mol. The van der Waals surface area contributed by atoms with Gasteiger partial charge in [-0.1, -0.05) is 19.0 Å². The fourth-order valence-electron chi connectivity index (χ4n) is 3.18. The maximum atomic E-state index is 12.5. The van der Waals surface area contributed by atoms with Crippen LogP contribution in [0.25, 0.3) is 11.4 Å². The third kappa shape index (κ3) is 4.03. The van der Waals surface area contributed by atoms with E-state index >= 15 is 0 Å². The number of nitrogens with zero attached hydrogens (tertiary/aromatic N) is 4. The van der Waals surface area contributed by atoms with E-state index in [0.29, 0.717) is 24.7 Å². The summed E-state index contributed by atoms with van der Waals surface area (Å²) < 4.78 is 5.25. The minimum absolute atomic E-state index is 0.0240. The lowest BCUT2D eigenvalue weighted by atomic mass is 9.96. The SMILES string of the molecule is CCc1nc(-c2cccnc2N2CCC[C@@H](C(=O)N[C@H](C)CC)C2)no1. The Bertz CT molecular complexity index is 745. The Morgan fingerprint density at radius 1 is 1.46 bits per heavy atom. The normalized spacial score (nSPS) is 18.6. The van der Waals surface area contributed by atoms with Gasteiger partial charge in [-0.05, 0) is 38.3 Å². The molecule has 1 saturated heterocycles. The van der Waals surface area contributed by atoms with Crippen molar-refractivity contribution < 1.29 is 9.32 Å². The molecule has 1 aliphatic heterocycles. The van der Waals surface area contributed by atoms with Crippen molar-refractivity contribution >= 4 is 11.7 Å². The Morgan fingerprint density at radius 2 is 2.31 bits per heavy atom. The molecule has 0 aliphatic carbocycles. The first kappa shape index (κ1) is 18.4. The minimum atomic E-state index is -0.0240. The van der Waals surface area contributed by atoms with Crippen LogP contribution in [0, 0.1) is 5.92 Å². The van der Waals surface area contributed by atoms with Crippen molar-refractivity contribution in [2.45, 2.75) is 52.5 Å². The highest BCUT2D eigenvalue weighted by Gasteiger charge is 2.29. The van der Waals surface area contributed by atoms with E-state index in [1.165, 1.54) is 0 Å². The molecule has 2 atom stereocenters. The van der Waals surface area contributed by atoms with E-state index in [9.17, 15) is 4.79 Å². The summed E-state index contributed by atoms with van der Waals surface area (Å²) in [7, 11) is 0. The highest BCUT2D eigenvalue weighted by atomic mass is 16.5. The Kier molecular flexibility index (Phi) is 5.85. The van der Waals surface area contributed by atoms with Crippen molar-refractivity contribution in [3.63, 3.8) is 0 Å². The average Bonchev–Trinajstić information content (AvgIpc) is 3.17. The van der Waals surface area contributed by atoms with Crippen molar-refractivity contribution in [3.8, 4) is 11.4 Å². The standard InChI is InChI=1S/C19H27N5O2/c1-4-13(3)21-19(25)14-8-7-11-24(12-14)18-15(9-6-10-20-18)17-22-16(5-2)26-23-17/h6,9-10,13-14H,4-5,7-8,11-12H2,1-3H3,(H,21,25)/t13-,14-/m1/s1. The molecule has 1 aliphatic rings. The molecule has 2 aromatic heterocycles. The number of nitrogens with one attached hydrogen (secondary N) is 1. The number of amides is 1. The third-order valence-electron chi connectivity index (χ3n) is 4.89. The monoisotopic (exact) mass is 357 g/mol. The van der Waals surface area contributed by atoms with Gasteiger partial charge < -0.3 is 14.7 Å². The Morgan fingerprint density at radius 3 is 3.04 bits per heavy atom. The molecule has 3 rings (SSSR count). The van der Waals surface area contributed by atoms with Crippen LogP contribution in [-0.4, -0.2) is 40.2 Å². The van der Waals surface area contributed by atoms with E-state index in [1.807, 2.05) is 26.0 Å². The Hall–Kier alpha value is -2.44. The summed E-state index contributed by atoms with van der Waals surface area (Å²) in [6.07, 6.45) is 5.26. The molecule has 0 unspecified atom stereocenters. The van der Waals surface area contributed by atoms with Gasteiger partial charge in [-0.2, -0.15) is 4.98 Å². The van der Waals surface area contributed by atoms with Crippen LogP contribution in [0.5, 0.6) is 0 Å². The first-order valence-electron chi connectivity index (χ1n) is 9.45. The molecule has 1 fully saturated rings. The van der Waals surface area contributed by atoms with Crippen molar-refractivity contribution in [3.05, 3.63) is 24.2 Å². The van der Waals surface area contributed by atoms with E-state index in [-0.39, 0.29) is 17.9 Å². The number of pyridine rings is 1. The van der Waals surface area contributed by atoms with Gasteiger partial charge in [-0.25, -0.2) is 4.98 Å². The molecular formula is C19H27N5O2. The largest absolute Gasteiger partial charge is 0.355 e. The molecule has 1 amide bonds. The van der Waals surface area contributed by atoms with Gasteiger partial charge in [-0.15, -0.1) is 0 Å². The highest BCUT2D eigenvalue weighted by molar-refractivity contribution is 5.80. The van der Waals surface area contributed by atoms with E-state index in [0.717, 1.165) is 37.2 Å². The van der Waals surface area contributed by atoms with Gasteiger partial charge in [0.1, 0.15) is 5.82 Å². The number of aryl methyl sites for hydroxylation is 1. The highest BCUT2D eigenvalue weighted by Crippen LogP contribution is 2.30. The lowest BCUT2D eigenvalue weighted by Gasteiger charge is -2.34. The molecule has 3 heterocycles. The van der Waals surface area contributed by atoms with Gasteiger partial charge in [0.05, 0.1) is 11.5 Å². The van der Waals surface area contributed by atoms with Crippen LogP contribution in [0.2, 0.25) is 0 Å². The summed E-state index contributed by atoms with van der Waals surface area (Å²) >= 11 is 0. The summed E-state index contributed by atoms with van der Waals surface area (Å²) in [6, 6.07) is 4.03. The fourth-order valence-corrected chi connectivity index (χ4v) is 3.18. The summed E-state index contributed by atoms with van der Waals surface area (Å²) in [5.74, 6) is 2.09. The van der Waals surface area contributed by atoms with E-state index in [1.54, 1.807) is 6.20 Å². The topological polar surface area (TPSA) is 84.2 Å². The molecule has 0 bridgehead atoms. The second-order valence-electron chi connectivity index (χ2n) is 6.84. The van der Waals surface area contributed by atoms with Crippen molar-refractivity contribution in [2.24, 2.45) is 5.92 Å². The van der Waals surface area contributed by atoms with Gasteiger partial charge in [0.15, 0.2) is 0 Å². The number of hydrogen-bond donors (Lipinski definition) is 1. The van der Waals surface area contributed by atoms with Crippen LogP contribution < -0.4 is 10.2 Å². The molecule has 2 aromatic rings. The number of rotatable bonds is 6. The minimum Gasteiger partial charge on any atom is -0.355 e. The van der Waals surface area contributed by atoms with E-state index in [2.05, 4.69) is 32.3 Å². The molecule has 0 aromatic carbocycles. The first-order valence-corrected chi connectivity index (χ1v) is 9.45. The molecule has 7 nitrogen and oxygen atoms in total. The average molecular weight is 357 g/mol. The van der Waals surface area contributed by atoms with Crippen LogP contribution in [0.1, 0.15) is 45.9 Å².